The molecule has 122 valence electrons. The summed E-state index contributed by atoms with van der Waals surface area (Å²) in [7, 11) is 1.68. The Morgan fingerprint density at radius 2 is 2.23 bits per heavy atom. The lowest BCUT2D eigenvalue weighted by Gasteiger charge is -2.26. The molecule has 1 aliphatic rings. The minimum absolute atomic E-state index is 0.0544. The summed E-state index contributed by atoms with van der Waals surface area (Å²) in [5.41, 5.74) is 6.38. The monoisotopic (exact) mass is 305 g/mol. The van der Waals surface area contributed by atoms with Crippen LogP contribution < -0.4 is 20.7 Å². The lowest BCUT2D eigenvalue weighted by atomic mass is 9.96. The molecule has 5 heteroatoms. The van der Waals surface area contributed by atoms with Gasteiger partial charge in [-0.2, -0.15) is 0 Å². The Morgan fingerprint density at radius 1 is 1.50 bits per heavy atom. The van der Waals surface area contributed by atoms with Gasteiger partial charge in [0, 0.05) is 19.1 Å². The van der Waals surface area contributed by atoms with Crippen molar-refractivity contribution in [3.8, 4) is 5.75 Å². The first-order valence-corrected chi connectivity index (χ1v) is 7.95. The molecule has 0 aliphatic carbocycles. The number of anilines is 1. The number of para-hydroxylation sites is 2. The van der Waals surface area contributed by atoms with Gasteiger partial charge in [0.2, 0.25) is 5.91 Å². The van der Waals surface area contributed by atoms with Gasteiger partial charge in [-0.1, -0.05) is 25.5 Å². The van der Waals surface area contributed by atoms with Crippen LogP contribution in [0.5, 0.6) is 5.75 Å². The van der Waals surface area contributed by atoms with Crippen LogP contribution in [0.2, 0.25) is 0 Å². The van der Waals surface area contributed by atoms with E-state index in [4.69, 9.17) is 10.5 Å². The van der Waals surface area contributed by atoms with Crippen LogP contribution in [0.15, 0.2) is 24.3 Å². The van der Waals surface area contributed by atoms with E-state index in [9.17, 15) is 4.79 Å². The summed E-state index contributed by atoms with van der Waals surface area (Å²) in [6.45, 7) is 5.53. The molecule has 1 aromatic carbocycles. The van der Waals surface area contributed by atoms with Gasteiger partial charge < -0.3 is 20.7 Å². The van der Waals surface area contributed by atoms with Crippen molar-refractivity contribution in [3.05, 3.63) is 24.3 Å². The van der Waals surface area contributed by atoms with E-state index in [-0.39, 0.29) is 11.9 Å². The van der Waals surface area contributed by atoms with Gasteiger partial charge in [-0.05, 0) is 31.9 Å². The number of hydrogen-bond donors (Lipinski definition) is 2. The molecular weight excluding hydrogens is 278 g/mol. The van der Waals surface area contributed by atoms with E-state index >= 15 is 0 Å². The highest BCUT2D eigenvalue weighted by Crippen LogP contribution is 2.30. The fourth-order valence-corrected chi connectivity index (χ4v) is 2.97. The molecule has 0 radical (unpaired) electrons. The predicted octanol–water partition coefficient (Wildman–Crippen LogP) is 1.91. The van der Waals surface area contributed by atoms with Crippen molar-refractivity contribution < 1.29 is 9.53 Å². The van der Waals surface area contributed by atoms with Crippen molar-refractivity contribution >= 4 is 11.6 Å². The molecule has 22 heavy (non-hydrogen) atoms. The molecule has 2 atom stereocenters. The second-order valence-corrected chi connectivity index (χ2v) is 6.24. The fourth-order valence-electron chi connectivity index (χ4n) is 2.97. The third kappa shape index (κ3) is 3.71. The number of nitrogens with two attached hydrogens (primary N) is 1. The number of nitrogens with zero attached hydrogens (tertiary/aromatic N) is 1. The van der Waals surface area contributed by atoms with Crippen molar-refractivity contribution in [2.45, 2.75) is 44.7 Å². The lowest BCUT2D eigenvalue weighted by Crippen LogP contribution is -2.54. The van der Waals surface area contributed by atoms with E-state index in [1.807, 2.05) is 31.2 Å². The molecular formula is C17H27N3O2. The Bertz CT molecular complexity index is 516. The average Bonchev–Trinajstić information content (AvgIpc) is 2.95. The van der Waals surface area contributed by atoms with Gasteiger partial charge in [-0.3, -0.25) is 4.79 Å². The molecule has 1 saturated heterocycles. The molecule has 3 N–H and O–H groups in total. The van der Waals surface area contributed by atoms with Crippen LogP contribution >= 0.6 is 0 Å². The summed E-state index contributed by atoms with van der Waals surface area (Å²) in [4.78, 5) is 14.5. The van der Waals surface area contributed by atoms with Crippen LogP contribution in [0.4, 0.5) is 5.69 Å². The first-order chi connectivity index (χ1) is 10.5. The van der Waals surface area contributed by atoms with Crippen LogP contribution in [0.3, 0.4) is 0 Å². The molecule has 0 aromatic heterocycles. The van der Waals surface area contributed by atoms with Crippen molar-refractivity contribution in [3.63, 3.8) is 0 Å². The van der Waals surface area contributed by atoms with Crippen LogP contribution in [-0.2, 0) is 4.79 Å². The fraction of sp³-hybridized carbons (Fsp3) is 0.588. The molecule has 2 rings (SSSR count). The Morgan fingerprint density at radius 3 is 2.91 bits per heavy atom. The minimum Gasteiger partial charge on any atom is -0.495 e. The maximum atomic E-state index is 12.3. The zero-order chi connectivity index (χ0) is 16.2. The number of carbonyl (C=O) groups excluding carboxylic acids is 1. The van der Waals surface area contributed by atoms with Gasteiger partial charge in [-0.15, -0.1) is 0 Å². The summed E-state index contributed by atoms with van der Waals surface area (Å²) in [6, 6.07) is 8.11. The summed E-state index contributed by atoms with van der Waals surface area (Å²) in [5.74, 6) is 0.811. The summed E-state index contributed by atoms with van der Waals surface area (Å²) in [5, 5.41) is 3.09. The minimum atomic E-state index is -0.785. The molecule has 5 nitrogen and oxygen atoms in total. The number of carbonyl (C=O) groups is 1. The molecule has 1 aliphatic heterocycles. The molecule has 1 aromatic rings. The number of rotatable bonds is 6. The van der Waals surface area contributed by atoms with Crippen molar-refractivity contribution in [1.29, 1.82) is 0 Å². The van der Waals surface area contributed by atoms with Crippen molar-refractivity contribution in [2.75, 3.05) is 25.1 Å². The third-order valence-corrected chi connectivity index (χ3v) is 4.24. The predicted molar refractivity (Wildman–Crippen MR) is 89.3 cm³/mol. The number of nitrogens with one attached hydrogen (secondary N) is 1. The zero-order valence-corrected chi connectivity index (χ0v) is 13.8. The van der Waals surface area contributed by atoms with Crippen LogP contribution in [-0.4, -0.2) is 37.7 Å². The molecule has 0 saturated carbocycles. The Labute approximate surface area is 132 Å². The second-order valence-electron chi connectivity index (χ2n) is 6.24. The summed E-state index contributed by atoms with van der Waals surface area (Å²) in [6.07, 6.45) is 2.52. The van der Waals surface area contributed by atoms with Gasteiger partial charge >= 0.3 is 0 Å². The largest absolute Gasteiger partial charge is 0.495 e. The van der Waals surface area contributed by atoms with Gasteiger partial charge in [-0.25, -0.2) is 0 Å². The second kappa shape index (κ2) is 7.01. The number of benzene rings is 1. The van der Waals surface area contributed by atoms with Gasteiger partial charge in [0.25, 0.3) is 0 Å². The van der Waals surface area contributed by atoms with E-state index in [0.29, 0.717) is 6.42 Å². The molecule has 0 bridgehead atoms. The van der Waals surface area contributed by atoms with E-state index in [2.05, 4.69) is 10.2 Å². The van der Waals surface area contributed by atoms with E-state index in [0.717, 1.165) is 37.4 Å². The summed E-state index contributed by atoms with van der Waals surface area (Å²) >= 11 is 0. The maximum Gasteiger partial charge on any atom is 0.240 e. The van der Waals surface area contributed by atoms with Gasteiger partial charge in [0.1, 0.15) is 5.75 Å². The number of hydrogen-bond acceptors (Lipinski definition) is 4. The normalized spacial score (nSPS) is 20.5. The highest BCUT2D eigenvalue weighted by atomic mass is 16.5. The number of methoxy groups -OCH3 is 1. The van der Waals surface area contributed by atoms with Crippen LogP contribution in [0.1, 0.15) is 33.1 Å². The first kappa shape index (κ1) is 16.6. The standard InChI is InChI=1S/C17H27N3O2/c1-4-10-17(2,18)16(21)19-13-9-11-20(12-13)14-7-5-6-8-15(14)22-3/h5-8,13H,4,9-12,18H2,1-3H3,(H,19,21). The summed E-state index contributed by atoms with van der Waals surface area (Å²) < 4.78 is 5.41. The zero-order valence-electron chi connectivity index (χ0n) is 13.8. The SMILES string of the molecule is CCCC(C)(N)C(=O)NC1CCN(c2ccccc2OC)C1. The third-order valence-electron chi connectivity index (χ3n) is 4.24. The van der Waals surface area contributed by atoms with Crippen molar-refractivity contribution in [2.24, 2.45) is 5.73 Å². The van der Waals surface area contributed by atoms with Gasteiger partial charge in [0.15, 0.2) is 0 Å². The highest BCUT2D eigenvalue weighted by molar-refractivity contribution is 5.86. The Balaban J connectivity index is 1.97. The lowest BCUT2D eigenvalue weighted by molar-refractivity contribution is -0.126. The highest BCUT2D eigenvalue weighted by Gasteiger charge is 2.32. The van der Waals surface area contributed by atoms with Gasteiger partial charge in [0.05, 0.1) is 18.3 Å². The smallest absolute Gasteiger partial charge is 0.240 e. The van der Waals surface area contributed by atoms with Crippen LogP contribution in [0, 0.1) is 0 Å². The first-order valence-electron chi connectivity index (χ1n) is 7.95. The molecule has 1 amide bonds. The topological polar surface area (TPSA) is 67.6 Å². The molecule has 2 unspecified atom stereocenters. The van der Waals surface area contributed by atoms with E-state index in [1.54, 1.807) is 14.0 Å². The Hall–Kier alpha value is -1.75. The molecule has 1 fully saturated rings. The Kier molecular flexibility index (Phi) is 5.29. The van der Waals surface area contributed by atoms with E-state index in [1.165, 1.54) is 0 Å². The number of ether oxygens (including phenoxy) is 1. The quantitative estimate of drug-likeness (QED) is 0.842. The van der Waals surface area contributed by atoms with Crippen LogP contribution in [0.25, 0.3) is 0 Å². The maximum absolute atomic E-state index is 12.3. The molecule has 0 spiro atoms. The van der Waals surface area contributed by atoms with Crippen molar-refractivity contribution in [1.82, 2.24) is 5.32 Å². The van der Waals surface area contributed by atoms with E-state index < -0.39 is 5.54 Å². The average molecular weight is 305 g/mol. The number of amides is 1. The molecule has 1 heterocycles.